The molecule has 2 aliphatic rings. The van der Waals surface area contributed by atoms with Crippen LogP contribution in [0.15, 0.2) is 30.3 Å². The van der Waals surface area contributed by atoms with Crippen molar-refractivity contribution in [3.8, 4) is 0 Å². The summed E-state index contributed by atoms with van der Waals surface area (Å²) in [7, 11) is 1.85. The number of piperazine rings is 1. The minimum atomic E-state index is -0.743. The highest BCUT2D eigenvalue weighted by molar-refractivity contribution is 6.35. The first-order valence-corrected chi connectivity index (χ1v) is 11.0. The van der Waals surface area contributed by atoms with Crippen LogP contribution >= 0.6 is 0 Å². The minimum Gasteiger partial charge on any atom is -0.341 e. The lowest BCUT2D eigenvalue weighted by atomic mass is 9.93. The second-order valence-electron chi connectivity index (χ2n) is 8.20. The number of likely N-dealkylation sites (N-methyl/N-ethyl adjacent to an activating group) is 1. The van der Waals surface area contributed by atoms with E-state index in [-0.39, 0.29) is 11.9 Å². The monoisotopic (exact) mass is 399 g/mol. The molecule has 6 heteroatoms. The molecule has 0 bridgehead atoms. The number of rotatable bonds is 7. The molecule has 1 aliphatic carbocycles. The Morgan fingerprint density at radius 3 is 2.41 bits per heavy atom. The van der Waals surface area contributed by atoms with E-state index >= 15 is 0 Å². The lowest BCUT2D eigenvalue weighted by molar-refractivity contribution is -0.161. The Morgan fingerprint density at radius 1 is 1.07 bits per heavy atom. The first-order valence-electron chi connectivity index (χ1n) is 11.0. The smallest absolute Gasteiger partial charge is 0.313 e. The highest BCUT2D eigenvalue weighted by Gasteiger charge is 2.41. The van der Waals surface area contributed by atoms with Crippen molar-refractivity contribution in [3.63, 3.8) is 0 Å². The van der Waals surface area contributed by atoms with E-state index in [9.17, 15) is 14.4 Å². The fourth-order valence-electron chi connectivity index (χ4n) is 4.43. The molecule has 1 aromatic rings. The fourth-order valence-corrected chi connectivity index (χ4v) is 4.43. The summed E-state index contributed by atoms with van der Waals surface area (Å²) in [5, 5.41) is 0. The molecule has 0 spiro atoms. The summed E-state index contributed by atoms with van der Waals surface area (Å²) in [6.07, 6.45) is 7.33. The van der Waals surface area contributed by atoms with E-state index in [1.54, 1.807) is 4.90 Å². The average molecular weight is 400 g/mol. The molecule has 1 saturated carbocycles. The second kappa shape index (κ2) is 9.90. The van der Waals surface area contributed by atoms with Gasteiger partial charge in [-0.2, -0.15) is 0 Å². The Balaban J connectivity index is 1.83. The molecule has 1 atom stereocenters. The van der Waals surface area contributed by atoms with Crippen LogP contribution in [0.25, 0.3) is 0 Å². The maximum atomic E-state index is 13.6. The number of amides is 3. The van der Waals surface area contributed by atoms with Crippen molar-refractivity contribution >= 4 is 17.7 Å². The number of hydrogen-bond donors (Lipinski definition) is 0. The molecule has 1 aliphatic heterocycles. The largest absolute Gasteiger partial charge is 0.341 e. The maximum Gasteiger partial charge on any atom is 0.313 e. The lowest BCUT2D eigenvalue weighted by Gasteiger charge is -2.41. The first kappa shape index (κ1) is 21.3. The number of hydrogen-bond acceptors (Lipinski definition) is 3. The summed E-state index contributed by atoms with van der Waals surface area (Å²) >= 11 is 0. The number of nitrogens with zero attached hydrogens (tertiary/aromatic N) is 3. The van der Waals surface area contributed by atoms with Gasteiger partial charge in [0.15, 0.2) is 0 Å². The summed E-state index contributed by atoms with van der Waals surface area (Å²) in [5.74, 6) is -1.14. The van der Waals surface area contributed by atoms with E-state index in [2.05, 4.69) is 6.92 Å². The molecule has 0 unspecified atom stereocenters. The topological polar surface area (TPSA) is 60.9 Å². The van der Waals surface area contributed by atoms with Crippen LogP contribution in [0.4, 0.5) is 0 Å². The Hall–Kier alpha value is -2.37. The third kappa shape index (κ3) is 4.80. The Morgan fingerprint density at radius 2 is 1.76 bits per heavy atom. The molecule has 29 heavy (non-hydrogen) atoms. The van der Waals surface area contributed by atoms with E-state index < -0.39 is 17.9 Å². The summed E-state index contributed by atoms with van der Waals surface area (Å²) in [6.45, 7) is 3.53. The normalized spacial score (nSPS) is 19.4. The van der Waals surface area contributed by atoms with Crippen LogP contribution in [0, 0.1) is 0 Å². The van der Waals surface area contributed by atoms with Gasteiger partial charge in [0.25, 0.3) is 0 Å². The maximum absolute atomic E-state index is 13.6. The highest BCUT2D eigenvalue weighted by Crippen LogP contribution is 2.29. The third-order valence-electron chi connectivity index (χ3n) is 6.25. The summed E-state index contributed by atoms with van der Waals surface area (Å²) in [5.41, 5.74) is 0.767. The van der Waals surface area contributed by atoms with Crippen molar-refractivity contribution in [2.45, 2.75) is 64.0 Å². The zero-order valence-corrected chi connectivity index (χ0v) is 17.7. The fraction of sp³-hybridized carbons (Fsp3) is 0.609. The quantitative estimate of drug-likeness (QED) is 0.662. The van der Waals surface area contributed by atoms with Crippen LogP contribution in [0.5, 0.6) is 0 Å². The Bertz CT molecular complexity index is 715. The predicted molar refractivity (Wildman–Crippen MR) is 112 cm³/mol. The van der Waals surface area contributed by atoms with Gasteiger partial charge in [0.1, 0.15) is 6.04 Å². The molecule has 0 aromatic heterocycles. The molecule has 3 rings (SSSR count). The van der Waals surface area contributed by atoms with Gasteiger partial charge in [-0.25, -0.2) is 0 Å². The van der Waals surface area contributed by atoms with Crippen molar-refractivity contribution in [2.75, 3.05) is 26.7 Å². The average Bonchev–Trinajstić information content (AvgIpc) is 2.77. The van der Waals surface area contributed by atoms with Crippen molar-refractivity contribution in [3.05, 3.63) is 35.9 Å². The predicted octanol–water partition coefficient (Wildman–Crippen LogP) is 2.99. The van der Waals surface area contributed by atoms with Gasteiger partial charge in [0.2, 0.25) is 5.91 Å². The zero-order valence-electron chi connectivity index (χ0n) is 17.7. The van der Waals surface area contributed by atoms with Gasteiger partial charge in [-0.05, 0) is 24.8 Å². The third-order valence-corrected chi connectivity index (χ3v) is 6.25. The van der Waals surface area contributed by atoms with E-state index in [1.807, 2.05) is 42.3 Å². The molecule has 158 valence electrons. The molecule has 2 fully saturated rings. The highest BCUT2D eigenvalue weighted by atomic mass is 16.2. The van der Waals surface area contributed by atoms with Crippen LogP contribution in [0.2, 0.25) is 0 Å². The van der Waals surface area contributed by atoms with E-state index in [4.69, 9.17) is 0 Å². The number of unbranched alkanes of at least 4 members (excludes halogenated alkanes) is 1. The van der Waals surface area contributed by atoms with Gasteiger partial charge < -0.3 is 14.7 Å². The van der Waals surface area contributed by atoms with Crippen LogP contribution in [0.1, 0.15) is 63.5 Å². The second-order valence-corrected chi connectivity index (χ2v) is 8.20. The van der Waals surface area contributed by atoms with Gasteiger partial charge in [0.05, 0.1) is 0 Å². The molecular formula is C23H33N3O3. The van der Waals surface area contributed by atoms with Crippen molar-refractivity contribution in [1.29, 1.82) is 0 Å². The van der Waals surface area contributed by atoms with Crippen molar-refractivity contribution < 1.29 is 14.4 Å². The van der Waals surface area contributed by atoms with Gasteiger partial charge in [-0.3, -0.25) is 14.4 Å². The van der Waals surface area contributed by atoms with Gasteiger partial charge >= 0.3 is 11.8 Å². The van der Waals surface area contributed by atoms with Crippen LogP contribution in [-0.4, -0.2) is 65.1 Å². The zero-order chi connectivity index (χ0) is 20.8. The molecule has 1 aromatic carbocycles. The van der Waals surface area contributed by atoms with E-state index in [0.717, 1.165) is 44.1 Å². The van der Waals surface area contributed by atoms with Crippen LogP contribution in [-0.2, 0) is 14.4 Å². The van der Waals surface area contributed by atoms with Crippen LogP contribution < -0.4 is 0 Å². The first-order chi connectivity index (χ1) is 14.0. The number of carbonyl (C=O) groups excluding carboxylic acids is 3. The van der Waals surface area contributed by atoms with Crippen molar-refractivity contribution in [1.82, 2.24) is 14.7 Å². The standard InChI is InChI=1S/C23H33N3O3/c1-3-4-15-25-16-17-26(23(29)22(25)28)20(18-11-7-5-8-12-18)21(27)24(2)19-13-9-6-10-14-19/h5,7-8,11-12,19-20H,3-4,6,9-10,13-17H2,1-2H3/t20-/m1/s1. The molecule has 1 heterocycles. The lowest BCUT2D eigenvalue weighted by Crippen LogP contribution is -2.58. The van der Waals surface area contributed by atoms with Gasteiger partial charge in [-0.1, -0.05) is 62.9 Å². The van der Waals surface area contributed by atoms with Gasteiger partial charge in [-0.15, -0.1) is 0 Å². The minimum absolute atomic E-state index is 0.0914. The summed E-state index contributed by atoms with van der Waals surface area (Å²) in [6, 6.07) is 8.86. The van der Waals surface area contributed by atoms with E-state index in [0.29, 0.717) is 19.6 Å². The molecule has 0 radical (unpaired) electrons. The summed E-state index contributed by atoms with van der Waals surface area (Å²) in [4.78, 5) is 44.1. The van der Waals surface area contributed by atoms with Gasteiger partial charge in [0, 0.05) is 32.7 Å². The number of benzene rings is 1. The van der Waals surface area contributed by atoms with E-state index in [1.165, 1.54) is 11.3 Å². The molecule has 3 amide bonds. The SMILES string of the molecule is CCCCN1CCN([C@@H](C(=O)N(C)C2CCCCC2)c2ccccc2)C(=O)C1=O. The molecule has 6 nitrogen and oxygen atoms in total. The molecular weight excluding hydrogens is 366 g/mol. The Labute approximate surface area is 173 Å². The summed E-state index contributed by atoms with van der Waals surface area (Å²) < 4.78 is 0. The molecule has 1 saturated heterocycles. The van der Waals surface area contributed by atoms with Crippen molar-refractivity contribution in [2.24, 2.45) is 0 Å². The number of carbonyl (C=O) groups is 3. The molecule has 0 N–H and O–H groups in total. The van der Waals surface area contributed by atoms with Crippen LogP contribution in [0.3, 0.4) is 0 Å². The Kier molecular flexibility index (Phi) is 7.29.